The van der Waals surface area contributed by atoms with Gasteiger partial charge < -0.3 is 9.64 Å². The number of halogens is 1. The van der Waals surface area contributed by atoms with Crippen molar-refractivity contribution >= 4 is 27.8 Å². The van der Waals surface area contributed by atoms with E-state index in [4.69, 9.17) is 4.74 Å². The molecule has 88 valence electrons. The summed E-state index contributed by atoms with van der Waals surface area (Å²) in [5.74, 6) is -0.0972. The Hall–Kier alpha value is -1.62. The van der Waals surface area contributed by atoms with E-state index >= 15 is 0 Å². The highest BCUT2D eigenvalue weighted by Gasteiger charge is 2.25. The fraction of sp³-hybridized carbons (Fsp3) is 0.167. The lowest BCUT2D eigenvalue weighted by Crippen LogP contribution is -2.08. The molecule has 1 aromatic carbocycles. The maximum atomic E-state index is 11.6. The largest absolute Gasteiger partial charge is 0.402 e. The van der Waals surface area contributed by atoms with Gasteiger partial charge in [0.2, 0.25) is 5.90 Å². The Labute approximate surface area is 108 Å². The van der Waals surface area contributed by atoms with E-state index in [1.54, 1.807) is 11.1 Å². The monoisotopic (exact) mass is 294 g/mol. The molecule has 1 aromatic rings. The summed E-state index contributed by atoms with van der Waals surface area (Å²) in [7, 11) is 3.65. The second-order valence-corrected chi connectivity index (χ2v) is 4.62. The maximum Gasteiger partial charge on any atom is 0.365 e. The van der Waals surface area contributed by atoms with E-state index in [1.807, 2.05) is 38.4 Å². The van der Waals surface area contributed by atoms with Gasteiger partial charge in [-0.2, -0.15) is 0 Å². The first kappa shape index (κ1) is 11.9. The minimum absolute atomic E-state index is 0.306. The topological polar surface area (TPSA) is 41.9 Å². The molecule has 4 nitrogen and oxygen atoms in total. The van der Waals surface area contributed by atoms with E-state index in [-0.39, 0.29) is 0 Å². The zero-order valence-electron chi connectivity index (χ0n) is 9.48. The molecule has 0 bridgehead atoms. The number of aliphatic imine (C=N–C) groups is 1. The van der Waals surface area contributed by atoms with Crippen molar-refractivity contribution in [3.63, 3.8) is 0 Å². The molecule has 0 saturated heterocycles. The average molecular weight is 295 g/mol. The van der Waals surface area contributed by atoms with Crippen molar-refractivity contribution in [2.45, 2.75) is 0 Å². The first-order valence-electron chi connectivity index (χ1n) is 5.02. The molecule has 17 heavy (non-hydrogen) atoms. The van der Waals surface area contributed by atoms with Crippen LogP contribution in [-0.4, -0.2) is 30.9 Å². The number of rotatable bonds is 2. The van der Waals surface area contributed by atoms with Crippen LogP contribution in [-0.2, 0) is 9.53 Å². The molecule has 0 aliphatic carbocycles. The van der Waals surface area contributed by atoms with E-state index in [2.05, 4.69) is 20.9 Å². The lowest BCUT2D eigenvalue weighted by Gasteiger charge is -2.02. The summed E-state index contributed by atoms with van der Waals surface area (Å²) in [5, 5.41) is 0. The van der Waals surface area contributed by atoms with Crippen LogP contribution in [0.4, 0.5) is 0 Å². The molecular weight excluding hydrogens is 284 g/mol. The van der Waals surface area contributed by atoms with Gasteiger partial charge in [0.1, 0.15) is 0 Å². The number of ether oxygens (including phenoxy) is 1. The molecule has 0 saturated carbocycles. The third-order valence-electron chi connectivity index (χ3n) is 2.11. The molecule has 1 heterocycles. The minimum atomic E-state index is -0.426. The standard InChI is InChI=1S/C12H11BrN2O2/c1-15(2)7-10-12(16)17-11(14-10)8-5-3-4-6-9(8)13/h3-7H,1-2H3/b10-7-. The number of esters is 1. The van der Waals surface area contributed by atoms with Crippen molar-refractivity contribution in [1.82, 2.24) is 4.90 Å². The highest BCUT2D eigenvalue weighted by Crippen LogP contribution is 2.22. The first-order chi connectivity index (χ1) is 8.08. The van der Waals surface area contributed by atoms with E-state index < -0.39 is 5.97 Å². The molecule has 0 radical (unpaired) electrons. The van der Waals surface area contributed by atoms with Crippen molar-refractivity contribution < 1.29 is 9.53 Å². The van der Waals surface area contributed by atoms with Crippen molar-refractivity contribution in [2.24, 2.45) is 4.99 Å². The van der Waals surface area contributed by atoms with Crippen LogP contribution in [0.25, 0.3) is 0 Å². The Morgan fingerprint density at radius 3 is 2.71 bits per heavy atom. The Morgan fingerprint density at radius 2 is 2.06 bits per heavy atom. The fourth-order valence-corrected chi connectivity index (χ4v) is 1.85. The fourth-order valence-electron chi connectivity index (χ4n) is 1.39. The van der Waals surface area contributed by atoms with Gasteiger partial charge in [0.05, 0.1) is 5.56 Å². The Balaban J connectivity index is 2.37. The number of benzene rings is 1. The molecule has 5 heteroatoms. The van der Waals surface area contributed by atoms with Gasteiger partial charge in [-0.05, 0) is 28.1 Å². The highest BCUT2D eigenvalue weighted by molar-refractivity contribution is 9.10. The summed E-state index contributed by atoms with van der Waals surface area (Å²) < 4.78 is 5.97. The van der Waals surface area contributed by atoms with Crippen molar-refractivity contribution in [1.29, 1.82) is 0 Å². The van der Waals surface area contributed by atoms with Gasteiger partial charge in [0.15, 0.2) is 5.70 Å². The van der Waals surface area contributed by atoms with Crippen LogP contribution in [0.5, 0.6) is 0 Å². The van der Waals surface area contributed by atoms with Crippen LogP contribution in [0.1, 0.15) is 5.56 Å². The second-order valence-electron chi connectivity index (χ2n) is 3.76. The van der Waals surface area contributed by atoms with Gasteiger partial charge in [-0.15, -0.1) is 0 Å². The lowest BCUT2D eigenvalue weighted by atomic mass is 10.2. The van der Waals surface area contributed by atoms with Crippen LogP contribution in [0.3, 0.4) is 0 Å². The number of carbonyl (C=O) groups excluding carboxylic acids is 1. The SMILES string of the molecule is CN(C)/C=C1\N=C(c2ccccc2Br)OC1=O. The molecule has 0 aromatic heterocycles. The number of carbonyl (C=O) groups is 1. The van der Waals surface area contributed by atoms with Crippen LogP contribution < -0.4 is 0 Å². The van der Waals surface area contributed by atoms with Crippen LogP contribution in [0.15, 0.2) is 45.6 Å². The molecule has 1 aliphatic heterocycles. The quantitative estimate of drug-likeness (QED) is 0.620. The second kappa shape index (κ2) is 4.71. The van der Waals surface area contributed by atoms with Gasteiger partial charge in [0, 0.05) is 24.8 Å². The predicted octanol–water partition coefficient (Wildman–Crippen LogP) is 2.16. The number of hydrogen-bond acceptors (Lipinski definition) is 4. The van der Waals surface area contributed by atoms with Crippen LogP contribution >= 0.6 is 15.9 Å². The van der Waals surface area contributed by atoms with E-state index in [1.165, 1.54) is 0 Å². The molecule has 0 amide bonds. The van der Waals surface area contributed by atoms with Gasteiger partial charge in [-0.3, -0.25) is 0 Å². The zero-order valence-corrected chi connectivity index (χ0v) is 11.1. The molecule has 0 unspecified atom stereocenters. The summed E-state index contributed by atoms with van der Waals surface area (Å²) in [6.45, 7) is 0. The summed E-state index contributed by atoms with van der Waals surface area (Å²) in [6, 6.07) is 7.47. The number of hydrogen-bond donors (Lipinski definition) is 0. The van der Waals surface area contributed by atoms with E-state index in [0.29, 0.717) is 11.6 Å². The lowest BCUT2D eigenvalue weighted by molar-refractivity contribution is -0.130. The normalized spacial score (nSPS) is 17.0. The molecule has 1 aliphatic rings. The van der Waals surface area contributed by atoms with Crippen LogP contribution in [0.2, 0.25) is 0 Å². The van der Waals surface area contributed by atoms with Gasteiger partial charge >= 0.3 is 5.97 Å². The van der Waals surface area contributed by atoms with Crippen LogP contribution in [0, 0.1) is 0 Å². The number of cyclic esters (lactones) is 1. The third kappa shape index (κ3) is 2.55. The molecule has 0 N–H and O–H groups in total. The smallest absolute Gasteiger partial charge is 0.365 e. The molecular formula is C12H11BrN2O2. The molecule has 0 atom stereocenters. The zero-order chi connectivity index (χ0) is 12.4. The summed E-state index contributed by atoms with van der Waals surface area (Å²) >= 11 is 3.39. The Kier molecular flexibility index (Phi) is 3.28. The van der Waals surface area contributed by atoms with E-state index in [9.17, 15) is 4.79 Å². The van der Waals surface area contributed by atoms with Gasteiger partial charge in [-0.25, -0.2) is 9.79 Å². The third-order valence-corrected chi connectivity index (χ3v) is 2.80. The Bertz CT molecular complexity index is 521. The van der Waals surface area contributed by atoms with E-state index in [0.717, 1.165) is 10.0 Å². The molecule has 0 spiro atoms. The van der Waals surface area contributed by atoms with Crippen molar-refractivity contribution in [3.8, 4) is 0 Å². The Morgan fingerprint density at radius 1 is 1.35 bits per heavy atom. The summed E-state index contributed by atoms with van der Waals surface area (Å²) in [6.07, 6.45) is 1.63. The molecule has 0 fully saturated rings. The predicted molar refractivity (Wildman–Crippen MR) is 68.5 cm³/mol. The van der Waals surface area contributed by atoms with Crippen molar-refractivity contribution in [2.75, 3.05) is 14.1 Å². The number of nitrogens with zero attached hydrogens (tertiary/aromatic N) is 2. The van der Waals surface area contributed by atoms with Crippen molar-refractivity contribution in [3.05, 3.63) is 46.2 Å². The highest BCUT2D eigenvalue weighted by atomic mass is 79.9. The minimum Gasteiger partial charge on any atom is -0.402 e. The first-order valence-corrected chi connectivity index (χ1v) is 5.81. The summed E-state index contributed by atoms with van der Waals surface area (Å²) in [5.41, 5.74) is 1.07. The molecule has 2 rings (SSSR count). The van der Waals surface area contributed by atoms with Gasteiger partial charge in [0.25, 0.3) is 0 Å². The average Bonchev–Trinajstić information content (AvgIpc) is 2.60. The maximum absolute atomic E-state index is 11.6. The van der Waals surface area contributed by atoms with Gasteiger partial charge in [-0.1, -0.05) is 12.1 Å². The summed E-state index contributed by atoms with van der Waals surface area (Å²) in [4.78, 5) is 17.5.